The van der Waals surface area contributed by atoms with Gasteiger partial charge in [0, 0.05) is 17.0 Å². The van der Waals surface area contributed by atoms with Crippen LogP contribution in [0.5, 0.6) is 0 Å². The summed E-state index contributed by atoms with van der Waals surface area (Å²) >= 11 is 0. The molecule has 3 atom stereocenters. The average Bonchev–Trinajstić information content (AvgIpc) is 3.15. The summed E-state index contributed by atoms with van der Waals surface area (Å²) in [6.07, 6.45) is 0.777. The first-order valence-electron chi connectivity index (χ1n) is 11.0. The van der Waals surface area contributed by atoms with Crippen molar-refractivity contribution in [3.8, 4) is 0 Å². The van der Waals surface area contributed by atoms with Crippen LogP contribution in [-0.4, -0.2) is 45.4 Å². The Labute approximate surface area is 194 Å². The van der Waals surface area contributed by atoms with Crippen molar-refractivity contribution in [2.75, 3.05) is 12.4 Å². The highest BCUT2D eigenvalue weighted by molar-refractivity contribution is 6.16. The smallest absolute Gasteiger partial charge is 0.182 e. The van der Waals surface area contributed by atoms with E-state index in [9.17, 15) is 0 Å². The van der Waals surface area contributed by atoms with Gasteiger partial charge in [-0.3, -0.25) is 0 Å². The molecule has 1 aliphatic rings. The summed E-state index contributed by atoms with van der Waals surface area (Å²) < 4.78 is 0. The molecule has 1 aliphatic heterocycles. The number of hydrogen-bond donors (Lipinski definition) is 1. The highest BCUT2D eigenvalue weighted by atomic mass is 15.0. The van der Waals surface area contributed by atoms with Gasteiger partial charge in [-0.05, 0) is 37.1 Å². The molecule has 32 heavy (non-hydrogen) atoms. The van der Waals surface area contributed by atoms with E-state index in [1.807, 2.05) is 55.6 Å². The fraction of sp³-hybridized carbons (Fsp3) is 0.222. The van der Waals surface area contributed by atoms with Crippen LogP contribution in [0, 0.1) is 0 Å². The van der Waals surface area contributed by atoms with Gasteiger partial charge in [-0.2, -0.15) is 0 Å². The lowest BCUT2D eigenvalue weighted by atomic mass is 9.77. The van der Waals surface area contributed by atoms with Gasteiger partial charge in [-0.25, -0.2) is 4.99 Å². The van der Waals surface area contributed by atoms with Crippen LogP contribution in [-0.2, 0) is 0 Å². The van der Waals surface area contributed by atoms with Crippen LogP contribution in [0.4, 0.5) is 11.4 Å². The van der Waals surface area contributed by atoms with E-state index in [0.717, 1.165) is 45.8 Å². The summed E-state index contributed by atoms with van der Waals surface area (Å²) in [6, 6.07) is 26.9. The Kier molecular flexibility index (Phi) is 6.66. The van der Waals surface area contributed by atoms with E-state index in [1.165, 1.54) is 0 Å². The van der Waals surface area contributed by atoms with E-state index >= 15 is 0 Å². The molecule has 0 aliphatic carbocycles. The minimum Gasteiger partial charge on any atom is -0.388 e. The Morgan fingerprint density at radius 3 is 2.16 bits per heavy atom. The highest BCUT2D eigenvalue weighted by Gasteiger charge is 2.32. The minimum absolute atomic E-state index is 0.0134. The SMILES string of the molecule is [B]C1Nc2c(N=C(c3ccccc3)c3ccccc3)cccc2C1C(=C)CC(C)N([B])C. The molecule has 3 nitrogen and oxygen atoms in total. The van der Waals surface area contributed by atoms with E-state index in [1.54, 1.807) is 4.81 Å². The normalized spacial score (nSPS) is 18.0. The Bertz CT molecular complexity index is 1070. The van der Waals surface area contributed by atoms with Gasteiger partial charge in [0.15, 0.2) is 7.98 Å². The van der Waals surface area contributed by atoms with E-state index in [-0.39, 0.29) is 17.9 Å². The van der Waals surface area contributed by atoms with Crippen LogP contribution in [0.1, 0.15) is 36.0 Å². The molecule has 1 heterocycles. The number of nitrogens with one attached hydrogen (secondary N) is 1. The van der Waals surface area contributed by atoms with Crippen molar-refractivity contribution >= 4 is 32.9 Å². The quantitative estimate of drug-likeness (QED) is 0.326. The molecule has 0 saturated carbocycles. The van der Waals surface area contributed by atoms with Gasteiger partial charge >= 0.3 is 0 Å². The molecule has 0 saturated heterocycles. The fourth-order valence-corrected chi connectivity index (χ4v) is 4.24. The van der Waals surface area contributed by atoms with Crippen LogP contribution >= 0.6 is 0 Å². The lowest BCUT2D eigenvalue weighted by Crippen LogP contribution is -2.29. The summed E-state index contributed by atoms with van der Waals surface area (Å²) in [4.78, 5) is 6.84. The topological polar surface area (TPSA) is 27.6 Å². The first-order valence-corrected chi connectivity index (χ1v) is 11.0. The number of rotatable bonds is 7. The van der Waals surface area contributed by atoms with Crippen LogP contribution in [0.3, 0.4) is 0 Å². The first-order chi connectivity index (χ1) is 15.5. The van der Waals surface area contributed by atoms with E-state index in [2.05, 4.69) is 49.2 Å². The van der Waals surface area contributed by atoms with Crippen molar-refractivity contribution in [2.45, 2.75) is 31.2 Å². The van der Waals surface area contributed by atoms with Crippen molar-refractivity contribution < 1.29 is 0 Å². The summed E-state index contributed by atoms with van der Waals surface area (Å²) in [5.74, 6) is -0.236. The third-order valence-corrected chi connectivity index (χ3v) is 6.10. The monoisotopic (exact) mass is 415 g/mol. The minimum atomic E-state index is -0.249. The van der Waals surface area contributed by atoms with Crippen molar-refractivity contribution in [1.29, 1.82) is 0 Å². The van der Waals surface area contributed by atoms with Gasteiger partial charge in [0.25, 0.3) is 0 Å². The lowest BCUT2D eigenvalue weighted by molar-refractivity contribution is 0.411. The van der Waals surface area contributed by atoms with Gasteiger partial charge in [0.05, 0.1) is 24.9 Å². The molecule has 5 heteroatoms. The Hall–Kier alpha value is -3.04. The van der Waals surface area contributed by atoms with Gasteiger partial charge in [-0.1, -0.05) is 91.9 Å². The second kappa shape index (κ2) is 9.62. The highest BCUT2D eigenvalue weighted by Crippen LogP contribution is 2.45. The van der Waals surface area contributed by atoms with Crippen LogP contribution in [0.25, 0.3) is 0 Å². The van der Waals surface area contributed by atoms with Crippen molar-refractivity contribution in [2.24, 2.45) is 4.99 Å². The van der Waals surface area contributed by atoms with Gasteiger partial charge < -0.3 is 10.1 Å². The second-order valence-corrected chi connectivity index (χ2v) is 8.46. The predicted molar refractivity (Wildman–Crippen MR) is 137 cm³/mol. The number of nitrogens with zero attached hydrogens (tertiary/aromatic N) is 2. The fourth-order valence-electron chi connectivity index (χ4n) is 4.24. The van der Waals surface area contributed by atoms with Gasteiger partial charge in [0.1, 0.15) is 0 Å². The Balaban J connectivity index is 1.75. The van der Waals surface area contributed by atoms with Crippen LogP contribution in [0.2, 0.25) is 0 Å². The molecule has 156 valence electrons. The van der Waals surface area contributed by atoms with Crippen LogP contribution in [0.15, 0.2) is 96.0 Å². The maximum atomic E-state index is 6.54. The number of para-hydroxylation sites is 1. The summed E-state index contributed by atoms with van der Waals surface area (Å²) in [6.45, 7) is 6.45. The second-order valence-electron chi connectivity index (χ2n) is 8.46. The summed E-state index contributed by atoms with van der Waals surface area (Å²) in [7, 11) is 14.3. The molecule has 3 aromatic carbocycles. The van der Waals surface area contributed by atoms with E-state index in [4.69, 9.17) is 20.8 Å². The predicted octanol–water partition coefficient (Wildman–Crippen LogP) is 5.21. The van der Waals surface area contributed by atoms with Crippen molar-refractivity contribution in [3.63, 3.8) is 0 Å². The number of fused-ring (bicyclic) bond motifs is 1. The Morgan fingerprint density at radius 1 is 1.00 bits per heavy atom. The summed E-state index contributed by atoms with van der Waals surface area (Å²) in [5.41, 5.74) is 7.12. The molecular formula is C27H27B2N3. The molecule has 0 aromatic heterocycles. The molecule has 3 aromatic rings. The van der Waals surface area contributed by atoms with Crippen LogP contribution < -0.4 is 5.32 Å². The largest absolute Gasteiger partial charge is 0.388 e. The zero-order valence-corrected chi connectivity index (χ0v) is 18.7. The van der Waals surface area contributed by atoms with E-state index in [0.29, 0.717) is 0 Å². The zero-order valence-electron chi connectivity index (χ0n) is 18.7. The van der Waals surface area contributed by atoms with E-state index < -0.39 is 0 Å². The molecular weight excluding hydrogens is 388 g/mol. The van der Waals surface area contributed by atoms with Gasteiger partial charge in [-0.15, -0.1) is 0 Å². The summed E-state index contributed by atoms with van der Waals surface area (Å²) in [5, 5.41) is 3.47. The lowest BCUT2D eigenvalue weighted by Gasteiger charge is -2.26. The molecule has 0 fully saturated rings. The molecule has 0 amide bonds. The molecule has 3 unspecified atom stereocenters. The molecule has 1 N–H and O–H groups in total. The zero-order chi connectivity index (χ0) is 22.7. The Morgan fingerprint density at radius 2 is 1.59 bits per heavy atom. The number of aliphatic imine (C=N–C) groups is 1. The van der Waals surface area contributed by atoms with Crippen molar-refractivity contribution in [1.82, 2.24) is 4.81 Å². The maximum Gasteiger partial charge on any atom is 0.182 e. The van der Waals surface area contributed by atoms with Gasteiger partial charge in [0.2, 0.25) is 0 Å². The third kappa shape index (κ3) is 4.58. The number of anilines is 1. The third-order valence-electron chi connectivity index (χ3n) is 6.10. The number of benzene rings is 3. The molecule has 4 rings (SSSR count). The molecule has 0 bridgehead atoms. The molecule has 4 radical (unpaired) electrons. The number of hydrogen-bond acceptors (Lipinski definition) is 3. The average molecular weight is 415 g/mol. The standard InChI is InChI=1S/C27H27B2N3/c1-18(17-19(2)32(3)29)24-22-15-10-16-23(26(22)31-27(24)28)30-25(20-11-6-4-7-12-20)21-13-8-5-9-14-21/h4-16,19,24,27,31H,1,17H2,2-3H3. The maximum absolute atomic E-state index is 6.54. The van der Waals surface area contributed by atoms with Crippen molar-refractivity contribution in [3.05, 3.63) is 108 Å². The first kappa shape index (κ1) is 22.2. The molecule has 0 spiro atoms.